The van der Waals surface area contributed by atoms with Crippen molar-refractivity contribution in [1.82, 2.24) is 9.71 Å². The van der Waals surface area contributed by atoms with Crippen LogP contribution in [0.5, 0.6) is 0 Å². The quantitative estimate of drug-likeness (QED) is 0.560. The van der Waals surface area contributed by atoms with E-state index in [1.807, 2.05) is 13.8 Å². The van der Waals surface area contributed by atoms with Gasteiger partial charge in [0.1, 0.15) is 9.88 Å². The van der Waals surface area contributed by atoms with Crippen LogP contribution < -0.4 is 10.5 Å². The average molecular weight is 303 g/mol. The van der Waals surface area contributed by atoms with Crippen LogP contribution in [0.25, 0.3) is 0 Å². The van der Waals surface area contributed by atoms with E-state index in [9.17, 15) is 8.42 Å². The van der Waals surface area contributed by atoms with Crippen LogP contribution >= 0.6 is 12.2 Å². The normalized spacial score (nSPS) is 11.7. The molecule has 0 unspecified atom stereocenters. The van der Waals surface area contributed by atoms with E-state index in [2.05, 4.69) is 9.71 Å². The van der Waals surface area contributed by atoms with Gasteiger partial charge in [0.25, 0.3) is 0 Å². The summed E-state index contributed by atoms with van der Waals surface area (Å²) in [7, 11) is -3.58. The van der Waals surface area contributed by atoms with Crippen molar-refractivity contribution >= 4 is 27.2 Å². The Labute approximate surface area is 118 Å². The Kier molecular flexibility index (Phi) is 5.80. The summed E-state index contributed by atoms with van der Waals surface area (Å²) >= 11 is 4.74. The second-order valence-electron chi connectivity index (χ2n) is 4.06. The topological polar surface area (TPSA) is 94.3 Å². The molecule has 0 amide bonds. The zero-order valence-electron chi connectivity index (χ0n) is 10.8. The monoisotopic (exact) mass is 303 g/mol. The largest absolute Gasteiger partial charge is 0.388 e. The van der Waals surface area contributed by atoms with Crippen molar-refractivity contribution in [1.29, 1.82) is 0 Å². The molecule has 0 spiro atoms. The van der Waals surface area contributed by atoms with E-state index in [4.69, 9.17) is 22.7 Å². The highest BCUT2D eigenvalue weighted by atomic mass is 32.2. The summed E-state index contributed by atoms with van der Waals surface area (Å²) in [6, 6.07) is 2.88. The fourth-order valence-electron chi connectivity index (χ4n) is 1.24. The fraction of sp³-hybridized carbons (Fsp3) is 0.455. The Hall–Kier alpha value is -1.09. The first-order valence-corrected chi connectivity index (χ1v) is 7.59. The van der Waals surface area contributed by atoms with Gasteiger partial charge in [-0.15, -0.1) is 0 Å². The highest BCUT2D eigenvalue weighted by Gasteiger charge is 2.14. The van der Waals surface area contributed by atoms with Gasteiger partial charge in [0.15, 0.2) is 0 Å². The molecule has 0 aliphatic heterocycles. The number of nitrogens with zero attached hydrogens (tertiary/aromatic N) is 1. The van der Waals surface area contributed by atoms with E-state index in [1.165, 1.54) is 18.3 Å². The molecule has 1 rings (SSSR count). The molecule has 3 N–H and O–H groups in total. The predicted octanol–water partition coefficient (Wildman–Crippen LogP) is 0.419. The average Bonchev–Trinajstić information content (AvgIpc) is 2.34. The third kappa shape index (κ3) is 5.19. The Morgan fingerprint density at radius 2 is 2.21 bits per heavy atom. The summed E-state index contributed by atoms with van der Waals surface area (Å²) in [6.45, 7) is 4.28. The van der Waals surface area contributed by atoms with Crippen molar-refractivity contribution < 1.29 is 13.2 Å². The summed E-state index contributed by atoms with van der Waals surface area (Å²) in [6.07, 6.45) is 1.29. The molecule has 8 heteroatoms. The third-order valence-corrected chi connectivity index (χ3v) is 3.80. The number of hydrogen-bond donors (Lipinski definition) is 2. The van der Waals surface area contributed by atoms with Gasteiger partial charge in [0, 0.05) is 12.7 Å². The molecule has 0 aromatic carbocycles. The summed E-state index contributed by atoms with van der Waals surface area (Å²) in [5, 5.41) is 0. The molecule has 0 fully saturated rings. The minimum atomic E-state index is -3.58. The maximum absolute atomic E-state index is 11.9. The summed E-state index contributed by atoms with van der Waals surface area (Å²) in [4.78, 5) is 4.08. The minimum Gasteiger partial charge on any atom is -0.388 e. The Morgan fingerprint density at radius 3 is 2.68 bits per heavy atom. The number of nitrogens with two attached hydrogens (primary N) is 1. The molecule has 0 radical (unpaired) electrons. The lowest BCUT2D eigenvalue weighted by Crippen LogP contribution is -2.28. The van der Waals surface area contributed by atoms with Crippen LogP contribution in [0.1, 0.15) is 19.5 Å². The number of nitrogens with one attached hydrogen (secondary N) is 1. The summed E-state index contributed by atoms with van der Waals surface area (Å²) in [5.41, 5.74) is 5.77. The number of thiocarbonyl (C=S) groups is 1. The van der Waals surface area contributed by atoms with Gasteiger partial charge in [-0.25, -0.2) is 13.1 Å². The van der Waals surface area contributed by atoms with Crippen molar-refractivity contribution in [2.24, 2.45) is 5.73 Å². The van der Waals surface area contributed by atoms with Crippen LogP contribution in [-0.2, 0) is 14.8 Å². The molecule has 1 heterocycles. The first kappa shape index (κ1) is 16.0. The fourth-order valence-corrected chi connectivity index (χ4v) is 2.32. The van der Waals surface area contributed by atoms with E-state index in [-0.39, 0.29) is 22.5 Å². The van der Waals surface area contributed by atoms with Gasteiger partial charge in [-0.2, -0.15) is 0 Å². The van der Waals surface area contributed by atoms with Crippen LogP contribution in [0.3, 0.4) is 0 Å². The van der Waals surface area contributed by atoms with Crippen molar-refractivity contribution in [2.75, 3.05) is 13.2 Å². The van der Waals surface area contributed by atoms with Crippen molar-refractivity contribution in [3.63, 3.8) is 0 Å². The highest BCUT2D eigenvalue weighted by Crippen LogP contribution is 2.07. The predicted molar refractivity (Wildman–Crippen MR) is 76.4 cm³/mol. The molecule has 0 saturated carbocycles. The molecule has 106 valence electrons. The first-order chi connectivity index (χ1) is 8.83. The third-order valence-electron chi connectivity index (χ3n) is 2.14. The van der Waals surface area contributed by atoms with E-state index >= 15 is 0 Å². The summed E-state index contributed by atoms with van der Waals surface area (Å²) in [5.74, 6) is 0. The molecule has 0 saturated heterocycles. The van der Waals surface area contributed by atoms with Gasteiger partial charge in [0.2, 0.25) is 10.0 Å². The first-order valence-electron chi connectivity index (χ1n) is 5.70. The second-order valence-corrected chi connectivity index (χ2v) is 6.27. The molecule has 0 aliphatic carbocycles. The van der Waals surface area contributed by atoms with E-state index in [1.54, 1.807) is 0 Å². The van der Waals surface area contributed by atoms with Crippen LogP contribution in [0.2, 0.25) is 0 Å². The van der Waals surface area contributed by atoms with Crippen LogP contribution in [0.4, 0.5) is 0 Å². The Bertz CT molecular complexity index is 527. The number of ether oxygens (including phenoxy) is 1. The molecule has 1 aromatic heterocycles. The minimum absolute atomic E-state index is 0.0658. The molecule has 0 bridgehead atoms. The van der Waals surface area contributed by atoms with Crippen molar-refractivity contribution in [3.05, 3.63) is 24.0 Å². The number of rotatable bonds is 7. The van der Waals surface area contributed by atoms with Crippen LogP contribution in [-0.4, -0.2) is 37.6 Å². The lowest BCUT2D eigenvalue weighted by Gasteiger charge is -2.09. The molecule has 0 atom stereocenters. The Balaban J connectivity index is 2.64. The maximum Gasteiger partial charge on any atom is 0.242 e. The van der Waals surface area contributed by atoms with Gasteiger partial charge < -0.3 is 10.5 Å². The van der Waals surface area contributed by atoms with Crippen molar-refractivity contribution in [2.45, 2.75) is 24.8 Å². The number of pyridine rings is 1. The van der Waals surface area contributed by atoms with E-state index in [0.717, 1.165) is 0 Å². The number of aromatic nitrogens is 1. The second kappa shape index (κ2) is 6.90. The van der Waals surface area contributed by atoms with Gasteiger partial charge in [-0.05, 0) is 26.0 Å². The van der Waals surface area contributed by atoms with Crippen LogP contribution in [0, 0.1) is 0 Å². The molecule has 6 nitrogen and oxygen atoms in total. The SMILES string of the molecule is CC(C)OCCNS(=O)(=O)c1ccc(C(N)=S)nc1. The molecular weight excluding hydrogens is 286 g/mol. The zero-order chi connectivity index (χ0) is 14.5. The molecular formula is C11H17N3O3S2. The van der Waals surface area contributed by atoms with Gasteiger partial charge in [0.05, 0.1) is 18.4 Å². The lowest BCUT2D eigenvalue weighted by atomic mass is 10.3. The summed E-state index contributed by atoms with van der Waals surface area (Å²) < 4.78 is 31.4. The Morgan fingerprint density at radius 1 is 1.53 bits per heavy atom. The lowest BCUT2D eigenvalue weighted by molar-refractivity contribution is 0.0834. The highest BCUT2D eigenvalue weighted by molar-refractivity contribution is 7.89. The van der Waals surface area contributed by atoms with E-state index in [0.29, 0.717) is 12.3 Å². The zero-order valence-corrected chi connectivity index (χ0v) is 12.4. The maximum atomic E-state index is 11.9. The number of hydrogen-bond acceptors (Lipinski definition) is 5. The molecule has 19 heavy (non-hydrogen) atoms. The van der Waals surface area contributed by atoms with Crippen LogP contribution in [0.15, 0.2) is 23.2 Å². The molecule has 1 aromatic rings. The van der Waals surface area contributed by atoms with Gasteiger partial charge in [-0.1, -0.05) is 12.2 Å². The molecule has 0 aliphatic rings. The van der Waals surface area contributed by atoms with Gasteiger partial charge in [-0.3, -0.25) is 4.98 Å². The standard InChI is InChI=1S/C11H17N3O3S2/c1-8(2)17-6-5-14-19(15,16)9-3-4-10(11(12)18)13-7-9/h3-4,7-8,14H,5-6H2,1-2H3,(H2,12,18). The van der Waals surface area contributed by atoms with Gasteiger partial charge >= 0.3 is 0 Å². The number of sulfonamides is 1. The van der Waals surface area contributed by atoms with E-state index < -0.39 is 10.0 Å². The smallest absolute Gasteiger partial charge is 0.242 e. The van der Waals surface area contributed by atoms with Crippen molar-refractivity contribution in [3.8, 4) is 0 Å².